The second-order valence-corrected chi connectivity index (χ2v) is 10.1. The fraction of sp³-hybridized carbons (Fsp3) is 0.905. The maximum Gasteiger partial charge on any atom is 0.190 e. The number of hydrogen-bond acceptors (Lipinski definition) is 6. The fourth-order valence-corrected chi connectivity index (χ4v) is 7.70. The van der Waals surface area contributed by atoms with Gasteiger partial charge in [0, 0.05) is 17.8 Å². The lowest BCUT2D eigenvalue weighted by atomic mass is 9.43. The number of aliphatic hydroxyl groups is 4. The summed E-state index contributed by atoms with van der Waals surface area (Å²) in [6.45, 7) is 3.18. The van der Waals surface area contributed by atoms with Crippen molar-refractivity contribution in [3.63, 3.8) is 0 Å². The standard InChI is InChI=1S/C21H32O6/c1-19-5-3-11(23)7-14(19)15(24)8-12-13-4-6-21(27,17(26)10-22)20(13,2)9-16(25)18(12)19/h11-15,18,22-24,27H,3-10H2,1-2H3/t11-,12+,13+,14+,15+,18-,19+,20+,21+/m1/s1. The van der Waals surface area contributed by atoms with Gasteiger partial charge in [-0.25, -0.2) is 0 Å². The summed E-state index contributed by atoms with van der Waals surface area (Å²) in [5.74, 6) is -0.901. The van der Waals surface area contributed by atoms with Crippen molar-refractivity contribution >= 4 is 11.6 Å². The van der Waals surface area contributed by atoms with Crippen LogP contribution in [-0.4, -0.2) is 56.4 Å². The highest BCUT2D eigenvalue weighted by Gasteiger charge is 2.69. The highest BCUT2D eigenvalue weighted by molar-refractivity contribution is 5.92. The van der Waals surface area contributed by atoms with E-state index in [1.807, 2.05) is 6.92 Å². The van der Waals surface area contributed by atoms with Gasteiger partial charge in [-0.3, -0.25) is 9.59 Å². The summed E-state index contributed by atoms with van der Waals surface area (Å²) in [6.07, 6.45) is 2.40. The van der Waals surface area contributed by atoms with E-state index in [1.54, 1.807) is 0 Å². The van der Waals surface area contributed by atoms with Crippen molar-refractivity contribution in [2.24, 2.45) is 34.5 Å². The Bertz CT molecular complexity index is 663. The molecule has 4 aliphatic carbocycles. The van der Waals surface area contributed by atoms with Gasteiger partial charge in [-0.15, -0.1) is 0 Å². The van der Waals surface area contributed by atoms with Gasteiger partial charge >= 0.3 is 0 Å². The summed E-state index contributed by atoms with van der Waals surface area (Å²) in [4.78, 5) is 25.8. The molecule has 0 heterocycles. The van der Waals surface area contributed by atoms with Crippen molar-refractivity contribution in [2.45, 2.75) is 76.6 Å². The number of Topliss-reactive ketones (excluding diaryl/α,β-unsaturated/α-hetero) is 2. The molecule has 0 radical (unpaired) electrons. The molecule has 152 valence electrons. The molecule has 27 heavy (non-hydrogen) atoms. The van der Waals surface area contributed by atoms with Crippen molar-refractivity contribution in [3.8, 4) is 0 Å². The topological polar surface area (TPSA) is 115 Å². The highest BCUT2D eigenvalue weighted by atomic mass is 16.3. The van der Waals surface area contributed by atoms with Crippen LogP contribution in [0.2, 0.25) is 0 Å². The van der Waals surface area contributed by atoms with Gasteiger partial charge in [0.2, 0.25) is 0 Å². The Hall–Kier alpha value is -0.820. The van der Waals surface area contributed by atoms with E-state index in [0.29, 0.717) is 32.1 Å². The molecule has 4 rings (SSSR count). The summed E-state index contributed by atoms with van der Waals surface area (Å²) in [6, 6.07) is 0. The number of aliphatic hydroxyl groups excluding tert-OH is 3. The summed E-state index contributed by atoms with van der Waals surface area (Å²) < 4.78 is 0. The summed E-state index contributed by atoms with van der Waals surface area (Å²) >= 11 is 0. The second kappa shape index (κ2) is 6.09. The van der Waals surface area contributed by atoms with E-state index in [2.05, 4.69) is 6.92 Å². The van der Waals surface area contributed by atoms with E-state index in [0.717, 1.165) is 0 Å². The van der Waals surface area contributed by atoms with Gasteiger partial charge in [0.05, 0.1) is 12.2 Å². The first-order chi connectivity index (χ1) is 12.6. The Kier molecular flexibility index (Phi) is 4.39. The number of carbonyl (C=O) groups is 2. The zero-order valence-electron chi connectivity index (χ0n) is 16.2. The zero-order chi connectivity index (χ0) is 19.8. The molecular formula is C21H32O6. The van der Waals surface area contributed by atoms with Crippen molar-refractivity contribution in [1.82, 2.24) is 0 Å². The molecule has 0 aromatic carbocycles. The average molecular weight is 380 g/mol. The lowest BCUT2D eigenvalue weighted by molar-refractivity contribution is -0.193. The fourth-order valence-electron chi connectivity index (χ4n) is 7.70. The van der Waals surface area contributed by atoms with Crippen molar-refractivity contribution < 1.29 is 30.0 Å². The first kappa shape index (κ1) is 19.5. The van der Waals surface area contributed by atoms with E-state index < -0.39 is 35.6 Å². The van der Waals surface area contributed by atoms with Crippen LogP contribution in [0.3, 0.4) is 0 Å². The molecule has 0 amide bonds. The molecule has 0 saturated heterocycles. The summed E-state index contributed by atoms with van der Waals surface area (Å²) in [5, 5.41) is 41.5. The van der Waals surface area contributed by atoms with E-state index in [9.17, 15) is 30.0 Å². The number of carbonyl (C=O) groups excluding carboxylic acids is 2. The Balaban J connectivity index is 1.73. The zero-order valence-corrected chi connectivity index (χ0v) is 16.2. The van der Waals surface area contributed by atoms with Gasteiger partial charge in [-0.2, -0.15) is 0 Å². The summed E-state index contributed by atoms with van der Waals surface area (Å²) in [7, 11) is 0. The third kappa shape index (κ3) is 2.39. The molecule has 0 bridgehead atoms. The quantitative estimate of drug-likeness (QED) is 0.564. The Morgan fingerprint density at radius 3 is 2.48 bits per heavy atom. The molecule has 4 aliphatic rings. The van der Waals surface area contributed by atoms with Crippen LogP contribution in [0.25, 0.3) is 0 Å². The van der Waals surface area contributed by atoms with Crippen molar-refractivity contribution in [2.75, 3.05) is 6.61 Å². The molecule has 4 fully saturated rings. The van der Waals surface area contributed by atoms with Gasteiger partial charge < -0.3 is 20.4 Å². The number of ketones is 2. The number of hydrogen-bond donors (Lipinski definition) is 4. The predicted octanol–water partition coefficient (Wildman–Crippen LogP) is 0.832. The van der Waals surface area contributed by atoms with Crippen molar-refractivity contribution in [3.05, 3.63) is 0 Å². The van der Waals surface area contributed by atoms with Gasteiger partial charge in [0.1, 0.15) is 18.0 Å². The largest absolute Gasteiger partial charge is 0.393 e. The minimum Gasteiger partial charge on any atom is -0.393 e. The lowest BCUT2D eigenvalue weighted by Gasteiger charge is -2.61. The van der Waals surface area contributed by atoms with Gasteiger partial charge in [-0.05, 0) is 61.7 Å². The number of fused-ring (bicyclic) bond motifs is 5. The highest BCUT2D eigenvalue weighted by Crippen LogP contribution is 2.67. The van der Waals surface area contributed by atoms with Crippen LogP contribution >= 0.6 is 0 Å². The van der Waals surface area contributed by atoms with Crippen molar-refractivity contribution in [1.29, 1.82) is 0 Å². The Labute approximate surface area is 160 Å². The van der Waals surface area contributed by atoms with Crippen LogP contribution in [0, 0.1) is 34.5 Å². The SMILES string of the molecule is C[C@]12CC[C@@H](O)C[C@H]1[C@@H](O)C[C@@H]1[C@@H]2C(=O)C[C@@]2(C)[C@H]1CC[C@]2(O)C(=O)CO. The van der Waals surface area contributed by atoms with Crippen LogP contribution in [-0.2, 0) is 9.59 Å². The van der Waals surface area contributed by atoms with Crippen LogP contribution in [0.5, 0.6) is 0 Å². The molecule has 0 aromatic rings. The lowest BCUT2D eigenvalue weighted by Crippen LogP contribution is -2.64. The second-order valence-electron chi connectivity index (χ2n) is 10.1. The number of rotatable bonds is 2. The maximum absolute atomic E-state index is 13.4. The van der Waals surface area contributed by atoms with E-state index in [-0.39, 0.29) is 47.7 Å². The average Bonchev–Trinajstić information content (AvgIpc) is 2.87. The minimum atomic E-state index is -1.67. The molecule has 0 spiro atoms. The first-order valence-corrected chi connectivity index (χ1v) is 10.3. The smallest absolute Gasteiger partial charge is 0.190 e. The molecule has 6 nitrogen and oxygen atoms in total. The molecular weight excluding hydrogens is 348 g/mol. The molecule has 9 atom stereocenters. The van der Waals surface area contributed by atoms with E-state index in [4.69, 9.17) is 0 Å². The van der Waals surface area contributed by atoms with Gasteiger partial charge in [0.25, 0.3) is 0 Å². The maximum atomic E-state index is 13.4. The van der Waals surface area contributed by atoms with Crippen LogP contribution in [0.4, 0.5) is 0 Å². The first-order valence-electron chi connectivity index (χ1n) is 10.3. The molecule has 4 saturated carbocycles. The van der Waals surface area contributed by atoms with Crippen LogP contribution in [0.15, 0.2) is 0 Å². The molecule has 0 aliphatic heterocycles. The Morgan fingerprint density at radius 1 is 1.11 bits per heavy atom. The third-order valence-corrected chi connectivity index (χ3v) is 9.10. The molecule has 4 N–H and O–H groups in total. The summed E-state index contributed by atoms with van der Waals surface area (Å²) in [5.41, 5.74) is -2.90. The van der Waals surface area contributed by atoms with Crippen LogP contribution in [0.1, 0.15) is 58.8 Å². The molecule has 6 heteroatoms. The van der Waals surface area contributed by atoms with Crippen LogP contribution < -0.4 is 0 Å². The predicted molar refractivity (Wildman–Crippen MR) is 96.6 cm³/mol. The normalized spacial score (nSPS) is 54.8. The third-order valence-electron chi connectivity index (χ3n) is 9.10. The monoisotopic (exact) mass is 380 g/mol. The molecule has 0 unspecified atom stereocenters. The molecule has 0 aromatic heterocycles. The van der Waals surface area contributed by atoms with E-state index in [1.165, 1.54) is 0 Å². The van der Waals surface area contributed by atoms with E-state index >= 15 is 0 Å². The minimum absolute atomic E-state index is 0.0278. The van der Waals surface area contributed by atoms with Gasteiger partial charge in [0.15, 0.2) is 5.78 Å². The Morgan fingerprint density at radius 2 is 1.81 bits per heavy atom. The van der Waals surface area contributed by atoms with Gasteiger partial charge in [-0.1, -0.05) is 13.8 Å².